The van der Waals surface area contributed by atoms with Crippen LogP contribution in [-0.2, 0) is 14.8 Å². The molecule has 1 atom stereocenters. The summed E-state index contributed by atoms with van der Waals surface area (Å²) in [5, 5.41) is 9.80. The van der Waals surface area contributed by atoms with Gasteiger partial charge >= 0.3 is 6.01 Å². The Bertz CT molecular complexity index is 1240. The topological polar surface area (TPSA) is 105 Å². The van der Waals surface area contributed by atoms with Crippen LogP contribution in [0.2, 0.25) is 0 Å². The van der Waals surface area contributed by atoms with Gasteiger partial charge in [-0.3, -0.25) is 10.1 Å². The van der Waals surface area contributed by atoms with E-state index in [1.165, 1.54) is 4.31 Å². The van der Waals surface area contributed by atoms with Crippen LogP contribution >= 0.6 is 0 Å². The van der Waals surface area contributed by atoms with Crippen LogP contribution in [0.15, 0.2) is 51.8 Å². The van der Waals surface area contributed by atoms with Crippen molar-refractivity contribution in [2.45, 2.75) is 24.7 Å². The zero-order valence-corrected chi connectivity index (χ0v) is 17.9. The Morgan fingerprint density at radius 2 is 1.91 bits per heavy atom. The lowest BCUT2D eigenvalue weighted by Gasteiger charge is -2.30. The van der Waals surface area contributed by atoms with Crippen molar-refractivity contribution in [1.82, 2.24) is 14.5 Å². The number of anilines is 1. The number of sulfonamides is 1. The predicted molar refractivity (Wildman–Crippen MR) is 111 cm³/mol. The fraction of sp³-hybridized carbons (Fsp3) is 0.286. The van der Waals surface area contributed by atoms with Crippen LogP contribution in [0, 0.1) is 24.5 Å². The number of aromatic nitrogens is 2. The normalized spacial score (nSPS) is 17.3. The van der Waals surface area contributed by atoms with E-state index in [0.717, 1.165) is 17.7 Å². The Balaban J connectivity index is 1.45. The zero-order valence-electron chi connectivity index (χ0n) is 17.1. The van der Waals surface area contributed by atoms with Crippen LogP contribution < -0.4 is 5.32 Å². The van der Waals surface area contributed by atoms with Crippen LogP contribution in [-0.4, -0.2) is 41.9 Å². The van der Waals surface area contributed by atoms with Gasteiger partial charge in [0, 0.05) is 19.2 Å². The number of piperidine rings is 1. The quantitative estimate of drug-likeness (QED) is 0.623. The average molecular weight is 462 g/mol. The van der Waals surface area contributed by atoms with Crippen LogP contribution in [0.25, 0.3) is 11.5 Å². The summed E-state index contributed by atoms with van der Waals surface area (Å²) in [6.45, 7) is 2.19. The largest absolute Gasteiger partial charge is 0.403 e. The minimum absolute atomic E-state index is 0.00955. The number of halogens is 2. The molecule has 4 rings (SSSR count). The van der Waals surface area contributed by atoms with Gasteiger partial charge in [0.1, 0.15) is 11.6 Å². The first-order valence-electron chi connectivity index (χ1n) is 9.90. The van der Waals surface area contributed by atoms with Gasteiger partial charge in [0.25, 0.3) is 5.89 Å². The van der Waals surface area contributed by atoms with Crippen molar-refractivity contribution < 1.29 is 26.4 Å². The highest BCUT2D eigenvalue weighted by Crippen LogP contribution is 2.26. The van der Waals surface area contributed by atoms with Crippen LogP contribution in [0.3, 0.4) is 0 Å². The first kappa shape index (κ1) is 22.0. The fourth-order valence-electron chi connectivity index (χ4n) is 3.49. The molecule has 0 bridgehead atoms. The molecule has 0 spiro atoms. The van der Waals surface area contributed by atoms with E-state index in [4.69, 9.17) is 4.42 Å². The number of hydrogen-bond donors (Lipinski definition) is 1. The highest BCUT2D eigenvalue weighted by molar-refractivity contribution is 7.89. The van der Waals surface area contributed by atoms with Gasteiger partial charge in [-0.15, -0.1) is 5.10 Å². The third-order valence-electron chi connectivity index (χ3n) is 5.23. The average Bonchev–Trinajstić information content (AvgIpc) is 3.22. The second-order valence-corrected chi connectivity index (χ2v) is 9.48. The molecule has 3 aromatic rings. The number of carbonyl (C=O) groups excluding carboxylic acids is 1. The van der Waals surface area contributed by atoms with Crippen molar-refractivity contribution in [3.05, 3.63) is 59.7 Å². The molecule has 2 aromatic carbocycles. The predicted octanol–water partition coefficient (Wildman–Crippen LogP) is 3.36. The van der Waals surface area contributed by atoms with Crippen molar-refractivity contribution in [3.63, 3.8) is 0 Å². The van der Waals surface area contributed by atoms with Gasteiger partial charge in [-0.2, -0.15) is 4.31 Å². The highest BCUT2D eigenvalue weighted by atomic mass is 32.2. The van der Waals surface area contributed by atoms with E-state index in [-0.39, 0.29) is 28.9 Å². The van der Waals surface area contributed by atoms with E-state index in [1.807, 2.05) is 6.92 Å². The minimum atomic E-state index is -3.73. The molecular weight excluding hydrogens is 442 g/mol. The van der Waals surface area contributed by atoms with Gasteiger partial charge in [0.15, 0.2) is 0 Å². The Hall–Kier alpha value is -3.18. The van der Waals surface area contributed by atoms with Crippen molar-refractivity contribution >= 4 is 21.9 Å². The molecule has 2 heterocycles. The number of nitrogens with zero attached hydrogens (tertiary/aromatic N) is 3. The maximum Gasteiger partial charge on any atom is 0.322 e. The lowest BCUT2D eigenvalue weighted by atomic mass is 9.99. The van der Waals surface area contributed by atoms with Crippen LogP contribution in [0.1, 0.15) is 18.4 Å². The summed E-state index contributed by atoms with van der Waals surface area (Å²) in [5.74, 6) is -2.95. The maximum atomic E-state index is 13.9. The fourth-order valence-corrected chi connectivity index (χ4v) is 5.01. The van der Waals surface area contributed by atoms with E-state index in [0.29, 0.717) is 25.5 Å². The smallest absolute Gasteiger partial charge is 0.322 e. The van der Waals surface area contributed by atoms with Gasteiger partial charge in [0.2, 0.25) is 15.9 Å². The molecule has 1 saturated heterocycles. The molecule has 1 aromatic heterocycles. The minimum Gasteiger partial charge on any atom is -0.403 e. The summed E-state index contributed by atoms with van der Waals surface area (Å²) in [4.78, 5) is 12.9. The molecule has 11 heteroatoms. The number of hydrogen-bond acceptors (Lipinski definition) is 6. The molecule has 1 fully saturated rings. The molecule has 1 aliphatic rings. The first-order chi connectivity index (χ1) is 15.2. The molecule has 1 N–H and O–H groups in total. The molecule has 32 heavy (non-hydrogen) atoms. The van der Waals surface area contributed by atoms with Gasteiger partial charge < -0.3 is 4.42 Å². The van der Waals surface area contributed by atoms with E-state index in [9.17, 15) is 22.0 Å². The molecule has 0 aliphatic carbocycles. The third kappa shape index (κ3) is 4.53. The van der Waals surface area contributed by atoms with Gasteiger partial charge in [-0.25, -0.2) is 17.2 Å². The first-order valence-corrected chi connectivity index (χ1v) is 11.3. The maximum absolute atomic E-state index is 13.9. The van der Waals surface area contributed by atoms with E-state index in [1.54, 1.807) is 24.3 Å². The third-order valence-corrected chi connectivity index (χ3v) is 7.11. The SMILES string of the molecule is Cc1ccc(S(=O)(=O)N2CCCC(C(=O)Nc3nnc(-c4ccc(F)cc4F)o3)C2)cc1. The lowest BCUT2D eigenvalue weighted by Crippen LogP contribution is -2.43. The zero-order chi connectivity index (χ0) is 22.9. The summed E-state index contributed by atoms with van der Waals surface area (Å²) in [6.07, 6.45) is 0.998. The van der Waals surface area contributed by atoms with E-state index < -0.39 is 33.5 Å². The Kier molecular flexibility index (Phi) is 6.02. The Labute approximate surface area is 183 Å². The number of carbonyl (C=O) groups is 1. The summed E-state index contributed by atoms with van der Waals surface area (Å²) < 4.78 is 59.4. The number of nitrogens with one attached hydrogen (secondary N) is 1. The number of benzene rings is 2. The van der Waals surface area contributed by atoms with Crippen LogP contribution in [0.5, 0.6) is 0 Å². The standard InChI is InChI=1S/C21H20F2N4O4S/c1-13-4-7-16(8-5-13)32(29,30)27-10-2-3-14(12-27)19(28)24-21-26-25-20(31-21)17-9-6-15(22)11-18(17)23/h4-9,11,14H,2-3,10,12H2,1H3,(H,24,26,28). The number of aryl methyl sites for hydroxylation is 1. The highest BCUT2D eigenvalue weighted by Gasteiger charge is 2.33. The van der Waals surface area contributed by atoms with E-state index in [2.05, 4.69) is 15.5 Å². The second-order valence-electron chi connectivity index (χ2n) is 7.54. The van der Waals surface area contributed by atoms with E-state index >= 15 is 0 Å². The summed E-state index contributed by atoms with van der Waals surface area (Å²) in [5.41, 5.74) is 0.840. The Morgan fingerprint density at radius 3 is 2.62 bits per heavy atom. The summed E-state index contributed by atoms with van der Waals surface area (Å²) in [7, 11) is -3.73. The van der Waals surface area contributed by atoms with Gasteiger partial charge in [-0.1, -0.05) is 22.8 Å². The molecule has 0 saturated carbocycles. The van der Waals surface area contributed by atoms with Gasteiger partial charge in [-0.05, 0) is 44.0 Å². The van der Waals surface area contributed by atoms with Crippen molar-refractivity contribution in [3.8, 4) is 11.5 Å². The monoisotopic (exact) mass is 462 g/mol. The molecule has 1 unspecified atom stereocenters. The molecule has 8 nitrogen and oxygen atoms in total. The number of rotatable bonds is 5. The molecule has 1 amide bonds. The molecule has 0 radical (unpaired) electrons. The Morgan fingerprint density at radius 1 is 1.16 bits per heavy atom. The summed E-state index contributed by atoms with van der Waals surface area (Å²) >= 11 is 0. The summed E-state index contributed by atoms with van der Waals surface area (Å²) in [6, 6.07) is 9.16. The molecule has 1 aliphatic heterocycles. The molecular formula is C21H20F2N4O4S. The number of amides is 1. The van der Waals surface area contributed by atoms with Crippen molar-refractivity contribution in [1.29, 1.82) is 0 Å². The van der Waals surface area contributed by atoms with Crippen molar-refractivity contribution in [2.75, 3.05) is 18.4 Å². The lowest BCUT2D eigenvalue weighted by molar-refractivity contribution is -0.121. The second kappa shape index (κ2) is 8.75. The van der Waals surface area contributed by atoms with Gasteiger partial charge in [0.05, 0.1) is 16.4 Å². The van der Waals surface area contributed by atoms with Crippen LogP contribution in [0.4, 0.5) is 14.8 Å². The molecule has 168 valence electrons. The van der Waals surface area contributed by atoms with Crippen molar-refractivity contribution in [2.24, 2.45) is 5.92 Å².